The van der Waals surface area contributed by atoms with E-state index in [0.717, 1.165) is 25.1 Å². The Kier molecular flexibility index (Phi) is 5.41. The van der Waals surface area contributed by atoms with Gasteiger partial charge < -0.3 is 14.1 Å². The second-order valence-electron chi connectivity index (χ2n) is 6.76. The number of carbonyl (C=O) groups excluding carboxylic acids is 1. The standard InChI is InChI=1S/C20H26N2O3/c1-4-18-21-15(3)19(25-18)20(23)22-10-6-8-16(12-22)13-24-17-9-5-7-14(2)11-17/h5,7,9,11,16H,4,6,8,10,12-13H2,1-3H3. The third-order valence-corrected chi connectivity index (χ3v) is 4.62. The first-order chi connectivity index (χ1) is 12.1. The first-order valence-corrected chi connectivity index (χ1v) is 9.02. The summed E-state index contributed by atoms with van der Waals surface area (Å²) in [4.78, 5) is 19.0. The van der Waals surface area contributed by atoms with Gasteiger partial charge in [-0.15, -0.1) is 0 Å². The van der Waals surface area contributed by atoms with E-state index < -0.39 is 0 Å². The van der Waals surface area contributed by atoms with Gasteiger partial charge in [0.1, 0.15) is 5.75 Å². The van der Waals surface area contributed by atoms with E-state index in [9.17, 15) is 4.79 Å². The van der Waals surface area contributed by atoms with E-state index in [2.05, 4.69) is 18.0 Å². The minimum Gasteiger partial charge on any atom is -0.493 e. The monoisotopic (exact) mass is 342 g/mol. The summed E-state index contributed by atoms with van der Waals surface area (Å²) in [6, 6.07) is 8.07. The minimum absolute atomic E-state index is 0.0510. The molecule has 1 fully saturated rings. The Labute approximate surface area is 149 Å². The Morgan fingerprint density at radius 1 is 1.40 bits per heavy atom. The zero-order valence-corrected chi connectivity index (χ0v) is 15.2. The number of likely N-dealkylation sites (tertiary alicyclic amines) is 1. The molecule has 2 aromatic rings. The van der Waals surface area contributed by atoms with E-state index in [1.807, 2.05) is 36.9 Å². The fourth-order valence-electron chi connectivity index (χ4n) is 3.25. The summed E-state index contributed by atoms with van der Waals surface area (Å²) in [6.45, 7) is 7.95. The lowest BCUT2D eigenvalue weighted by molar-refractivity contribution is 0.0599. The number of benzene rings is 1. The number of ether oxygens (including phenoxy) is 1. The predicted octanol–water partition coefficient (Wildman–Crippen LogP) is 3.79. The molecular formula is C20H26N2O3. The molecular weight excluding hydrogens is 316 g/mol. The molecule has 2 heterocycles. The van der Waals surface area contributed by atoms with Crippen LogP contribution in [0.1, 0.15) is 47.5 Å². The van der Waals surface area contributed by atoms with Gasteiger partial charge in [0.15, 0.2) is 5.89 Å². The Balaban J connectivity index is 1.60. The molecule has 5 nitrogen and oxygen atoms in total. The molecule has 0 N–H and O–H groups in total. The highest BCUT2D eigenvalue weighted by Gasteiger charge is 2.28. The zero-order chi connectivity index (χ0) is 17.8. The molecule has 1 aliphatic rings. The molecule has 1 atom stereocenters. The van der Waals surface area contributed by atoms with Crippen LogP contribution in [0.25, 0.3) is 0 Å². The molecule has 3 rings (SSSR count). The molecule has 5 heteroatoms. The van der Waals surface area contributed by atoms with Crippen LogP contribution in [0.5, 0.6) is 5.75 Å². The van der Waals surface area contributed by atoms with E-state index in [4.69, 9.17) is 9.15 Å². The van der Waals surface area contributed by atoms with Gasteiger partial charge in [-0.05, 0) is 44.4 Å². The van der Waals surface area contributed by atoms with Gasteiger partial charge in [0.05, 0.1) is 12.3 Å². The summed E-state index contributed by atoms with van der Waals surface area (Å²) in [5, 5.41) is 0. The van der Waals surface area contributed by atoms with Gasteiger partial charge in [-0.3, -0.25) is 4.79 Å². The minimum atomic E-state index is -0.0510. The number of aryl methyl sites for hydroxylation is 3. The number of nitrogens with zero attached hydrogens (tertiary/aromatic N) is 2. The zero-order valence-electron chi connectivity index (χ0n) is 15.2. The van der Waals surface area contributed by atoms with Crippen molar-refractivity contribution in [2.75, 3.05) is 19.7 Å². The van der Waals surface area contributed by atoms with E-state index in [1.54, 1.807) is 0 Å². The van der Waals surface area contributed by atoms with E-state index in [0.29, 0.717) is 42.8 Å². The summed E-state index contributed by atoms with van der Waals surface area (Å²) in [7, 11) is 0. The van der Waals surface area contributed by atoms with Crippen molar-refractivity contribution in [3.8, 4) is 5.75 Å². The maximum Gasteiger partial charge on any atom is 0.291 e. The topological polar surface area (TPSA) is 55.6 Å². The van der Waals surface area contributed by atoms with Crippen molar-refractivity contribution in [1.82, 2.24) is 9.88 Å². The fraction of sp³-hybridized carbons (Fsp3) is 0.500. The Hall–Kier alpha value is -2.30. The average Bonchev–Trinajstić information content (AvgIpc) is 3.00. The summed E-state index contributed by atoms with van der Waals surface area (Å²) >= 11 is 0. The Morgan fingerprint density at radius 2 is 2.24 bits per heavy atom. The van der Waals surface area contributed by atoms with Crippen molar-refractivity contribution in [2.24, 2.45) is 5.92 Å². The van der Waals surface area contributed by atoms with Crippen molar-refractivity contribution in [1.29, 1.82) is 0 Å². The molecule has 1 amide bonds. The molecule has 0 spiro atoms. The van der Waals surface area contributed by atoms with Gasteiger partial charge >= 0.3 is 0 Å². The maximum absolute atomic E-state index is 12.8. The van der Waals surface area contributed by atoms with Crippen LogP contribution in [0, 0.1) is 19.8 Å². The van der Waals surface area contributed by atoms with Crippen molar-refractivity contribution in [3.05, 3.63) is 47.2 Å². The molecule has 0 saturated carbocycles. The molecule has 1 aromatic heterocycles. The lowest BCUT2D eigenvalue weighted by Gasteiger charge is -2.32. The number of rotatable bonds is 5. The molecule has 25 heavy (non-hydrogen) atoms. The number of piperidine rings is 1. The first-order valence-electron chi connectivity index (χ1n) is 9.02. The van der Waals surface area contributed by atoms with Crippen LogP contribution >= 0.6 is 0 Å². The summed E-state index contributed by atoms with van der Waals surface area (Å²) in [5.74, 6) is 2.19. The van der Waals surface area contributed by atoms with Crippen LogP contribution < -0.4 is 4.74 Å². The van der Waals surface area contributed by atoms with Crippen LogP contribution in [0.4, 0.5) is 0 Å². The molecule has 0 bridgehead atoms. The van der Waals surface area contributed by atoms with Gasteiger partial charge in [0.2, 0.25) is 5.76 Å². The molecule has 0 radical (unpaired) electrons. The van der Waals surface area contributed by atoms with Gasteiger partial charge in [-0.1, -0.05) is 19.1 Å². The molecule has 1 unspecified atom stereocenters. The largest absolute Gasteiger partial charge is 0.493 e. The van der Waals surface area contributed by atoms with Gasteiger partial charge in [-0.25, -0.2) is 4.98 Å². The normalized spacial score (nSPS) is 17.6. The lowest BCUT2D eigenvalue weighted by Crippen LogP contribution is -2.41. The number of hydrogen-bond donors (Lipinski definition) is 0. The number of carbonyl (C=O) groups is 1. The number of hydrogen-bond acceptors (Lipinski definition) is 4. The predicted molar refractivity (Wildman–Crippen MR) is 95.9 cm³/mol. The summed E-state index contributed by atoms with van der Waals surface area (Å²) < 4.78 is 11.6. The SMILES string of the molecule is CCc1nc(C)c(C(=O)N2CCCC(COc3cccc(C)c3)C2)o1. The second kappa shape index (κ2) is 7.72. The third kappa shape index (κ3) is 4.21. The molecule has 1 saturated heterocycles. The van der Waals surface area contributed by atoms with Crippen LogP contribution in [0.2, 0.25) is 0 Å². The quantitative estimate of drug-likeness (QED) is 0.830. The average molecular weight is 342 g/mol. The van der Waals surface area contributed by atoms with Crippen molar-refractivity contribution in [2.45, 2.75) is 40.0 Å². The Morgan fingerprint density at radius 3 is 2.96 bits per heavy atom. The van der Waals surface area contributed by atoms with Gasteiger partial charge in [0.25, 0.3) is 5.91 Å². The van der Waals surface area contributed by atoms with Gasteiger partial charge in [0, 0.05) is 25.4 Å². The highest BCUT2D eigenvalue weighted by Crippen LogP contribution is 2.22. The van der Waals surface area contributed by atoms with Crippen molar-refractivity contribution < 1.29 is 13.9 Å². The van der Waals surface area contributed by atoms with E-state index >= 15 is 0 Å². The van der Waals surface area contributed by atoms with Crippen LogP contribution in [0.3, 0.4) is 0 Å². The first kappa shape index (κ1) is 17.5. The fourth-order valence-corrected chi connectivity index (χ4v) is 3.25. The van der Waals surface area contributed by atoms with E-state index in [1.165, 1.54) is 5.56 Å². The molecule has 1 aliphatic heterocycles. The highest BCUT2D eigenvalue weighted by atomic mass is 16.5. The molecule has 134 valence electrons. The smallest absolute Gasteiger partial charge is 0.291 e. The summed E-state index contributed by atoms with van der Waals surface area (Å²) in [5.41, 5.74) is 1.87. The maximum atomic E-state index is 12.8. The van der Waals surface area contributed by atoms with Crippen molar-refractivity contribution >= 4 is 5.91 Å². The number of amides is 1. The second-order valence-corrected chi connectivity index (χ2v) is 6.76. The number of aromatic nitrogens is 1. The van der Waals surface area contributed by atoms with E-state index in [-0.39, 0.29) is 5.91 Å². The lowest BCUT2D eigenvalue weighted by atomic mass is 9.98. The Bertz CT molecular complexity index is 738. The van der Waals surface area contributed by atoms with Crippen LogP contribution in [0.15, 0.2) is 28.7 Å². The molecule has 0 aliphatic carbocycles. The molecule has 1 aromatic carbocycles. The van der Waals surface area contributed by atoms with Crippen LogP contribution in [-0.2, 0) is 6.42 Å². The third-order valence-electron chi connectivity index (χ3n) is 4.62. The number of oxazole rings is 1. The highest BCUT2D eigenvalue weighted by molar-refractivity contribution is 5.92. The van der Waals surface area contributed by atoms with Crippen molar-refractivity contribution in [3.63, 3.8) is 0 Å². The summed E-state index contributed by atoms with van der Waals surface area (Å²) in [6.07, 6.45) is 2.76. The van der Waals surface area contributed by atoms with Gasteiger partial charge in [-0.2, -0.15) is 0 Å². The van der Waals surface area contributed by atoms with Crippen LogP contribution in [-0.4, -0.2) is 35.5 Å².